The number of ether oxygens (including phenoxy) is 2. The summed E-state index contributed by atoms with van der Waals surface area (Å²) >= 11 is 12.6. The summed E-state index contributed by atoms with van der Waals surface area (Å²) in [6, 6.07) is 26.8. The molecule has 0 aromatic heterocycles. The quantitative estimate of drug-likeness (QED) is 0.166. The molecule has 0 radical (unpaired) electrons. The van der Waals surface area contributed by atoms with Crippen LogP contribution in [-0.2, 0) is 6.61 Å². The molecule has 2 aliphatic rings. The Morgan fingerprint density at radius 3 is 2.54 bits per heavy atom. The highest BCUT2D eigenvalue weighted by molar-refractivity contribution is 6.32. The van der Waals surface area contributed by atoms with Crippen molar-refractivity contribution in [3.05, 3.63) is 129 Å². The van der Waals surface area contributed by atoms with Gasteiger partial charge in [-0.2, -0.15) is 0 Å². The van der Waals surface area contributed by atoms with Crippen LogP contribution in [0.5, 0.6) is 11.5 Å². The zero-order valence-electron chi connectivity index (χ0n) is 23.1. The van der Waals surface area contributed by atoms with Crippen LogP contribution in [0.25, 0.3) is 0 Å². The number of benzene rings is 4. The molecular weight excluding hydrogens is 551 g/mol. The smallest absolute Gasteiger partial charge is 0.180 e. The Morgan fingerprint density at radius 2 is 1.76 bits per heavy atom. The molecule has 0 saturated heterocycles. The molecule has 0 unspecified atom stereocenters. The minimum atomic E-state index is 0.260. The van der Waals surface area contributed by atoms with Crippen LogP contribution in [0.15, 0.2) is 96.0 Å². The van der Waals surface area contributed by atoms with Gasteiger partial charge in [-0.15, -0.1) is 0 Å². The van der Waals surface area contributed by atoms with E-state index in [-0.39, 0.29) is 6.04 Å². The van der Waals surface area contributed by atoms with Crippen molar-refractivity contribution in [1.29, 1.82) is 0 Å². The molecule has 3 atom stereocenters. The number of hydrogen-bond acceptors (Lipinski definition) is 4. The molecular formula is C35H32Cl2N2O2. The third kappa shape index (κ3) is 6.00. The Kier molecular flexibility index (Phi) is 8.04. The first-order valence-electron chi connectivity index (χ1n) is 14.0. The number of nitrogens with zero attached hydrogens (tertiary/aromatic N) is 1. The second-order valence-corrected chi connectivity index (χ2v) is 11.4. The lowest BCUT2D eigenvalue weighted by Crippen LogP contribution is -2.29. The van der Waals surface area contributed by atoms with Crippen LogP contribution in [0, 0.1) is 12.8 Å². The molecule has 41 heavy (non-hydrogen) atoms. The predicted molar refractivity (Wildman–Crippen MR) is 170 cm³/mol. The Labute approximate surface area is 251 Å². The molecule has 1 heterocycles. The predicted octanol–water partition coefficient (Wildman–Crippen LogP) is 9.86. The number of nitrogens with one attached hydrogen (secondary N) is 1. The van der Waals surface area contributed by atoms with Gasteiger partial charge in [-0.25, -0.2) is 0 Å². The van der Waals surface area contributed by atoms with Gasteiger partial charge < -0.3 is 14.8 Å². The summed E-state index contributed by atoms with van der Waals surface area (Å²) in [5.41, 5.74) is 7.92. The summed E-state index contributed by atoms with van der Waals surface area (Å²) in [7, 11) is 0. The summed E-state index contributed by atoms with van der Waals surface area (Å²) in [5.74, 6) is 2.07. The van der Waals surface area contributed by atoms with Crippen molar-refractivity contribution < 1.29 is 9.47 Å². The fourth-order valence-electron chi connectivity index (χ4n) is 5.76. The van der Waals surface area contributed by atoms with E-state index >= 15 is 0 Å². The van der Waals surface area contributed by atoms with Gasteiger partial charge >= 0.3 is 0 Å². The molecule has 0 saturated carbocycles. The van der Waals surface area contributed by atoms with Gasteiger partial charge in [0, 0.05) is 22.8 Å². The van der Waals surface area contributed by atoms with Crippen molar-refractivity contribution in [3.8, 4) is 11.5 Å². The van der Waals surface area contributed by atoms with E-state index in [0.29, 0.717) is 46.6 Å². The third-order valence-corrected chi connectivity index (χ3v) is 8.29. The number of fused-ring (bicyclic) bond motifs is 3. The number of aliphatic imine (C=N–C) groups is 1. The summed E-state index contributed by atoms with van der Waals surface area (Å²) in [6.07, 6.45) is 7.60. The second kappa shape index (κ2) is 12.0. The van der Waals surface area contributed by atoms with Gasteiger partial charge in [0.15, 0.2) is 11.5 Å². The molecule has 4 aromatic rings. The first-order chi connectivity index (χ1) is 20.0. The van der Waals surface area contributed by atoms with E-state index in [9.17, 15) is 0 Å². The van der Waals surface area contributed by atoms with Gasteiger partial charge in [0.2, 0.25) is 0 Å². The van der Waals surface area contributed by atoms with Crippen LogP contribution in [0.2, 0.25) is 10.0 Å². The number of allylic oxidation sites excluding steroid dienone is 2. The first kappa shape index (κ1) is 27.4. The minimum Gasteiger partial charge on any atom is -0.490 e. The topological polar surface area (TPSA) is 42.8 Å². The van der Waals surface area contributed by atoms with E-state index in [1.54, 1.807) is 6.21 Å². The van der Waals surface area contributed by atoms with Crippen molar-refractivity contribution >= 4 is 40.8 Å². The average Bonchev–Trinajstić information content (AvgIpc) is 3.47. The Morgan fingerprint density at radius 1 is 0.951 bits per heavy atom. The van der Waals surface area contributed by atoms with Crippen molar-refractivity contribution in [1.82, 2.24) is 0 Å². The van der Waals surface area contributed by atoms with Crippen LogP contribution >= 0.6 is 23.2 Å². The van der Waals surface area contributed by atoms with Gasteiger partial charge in [-0.05, 0) is 90.9 Å². The third-order valence-electron chi connectivity index (χ3n) is 7.76. The zero-order chi connectivity index (χ0) is 28.3. The van der Waals surface area contributed by atoms with Crippen LogP contribution < -0.4 is 14.8 Å². The van der Waals surface area contributed by atoms with E-state index in [1.165, 1.54) is 22.4 Å². The SMILES string of the molecule is CCOc1cc(C=Nc2ccc([C@@H]3Nc4ccc(C)cc4[C@H]4C=CC[C@@H]43)cc2)cc(Cl)c1OCc1ccc(Cl)cc1. The Balaban J connectivity index is 1.17. The molecule has 0 fully saturated rings. The molecule has 4 nitrogen and oxygen atoms in total. The molecule has 1 N–H and O–H groups in total. The second-order valence-electron chi connectivity index (χ2n) is 10.6. The standard InChI is InChI=1S/C35H32Cl2N2O2/c1-3-40-33-19-24(18-31(37)35(33)41-21-23-8-12-26(36)13-9-23)20-38-27-14-10-25(11-15-27)34-29-6-4-5-28(29)30-17-22(2)7-16-32(30)39-34/h4-5,7-20,28-29,34,39H,3,6,21H2,1-2H3/t28-,29-,34-/m0/s1. The summed E-state index contributed by atoms with van der Waals surface area (Å²) in [5, 5.41) is 4.98. The van der Waals surface area contributed by atoms with Crippen molar-refractivity contribution in [3.63, 3.8) is 0 Å². The average molecular weight is 584 g/mol. The van der Waals surface area contributed by atoms with Gasteiger partial charge in [0.05, 0.1) is 23.4 Å². The fourth-order valence-corrected chi connectivity index (χ4v) is 6.16. The molecule has 1 aliphatic carbocycles. The number of hydrogen-bond donors (Lipinski definition) is 1. The van der Waals surface area contributed by atoms with Gasteiger partial charge in [0.1, 0.15) is 6.61 Å². The van der Waals surface area contributed by atoms with Gasteiger partial charge in [-0.3, -0.25) is 4.99 Å². The Bertz CT molecular complexity index is 1600. The van der Waals surface area contributed by atoms with E-state index in [4.69, 9.17) is 37.7 Å². The number of halogens is 2. The van der Waals surface area contributed by atoms with Gasteiger partial charge in [0.25, 0.3) is 0 Å². The fraction of sp³-hybridized carbons (Fsp3) is 0.229. The highest BCUT2D eigenvalue weighted by Gasteiger charge is 2.37. The summed E-state index contributed by atoms with van der Waals surface area (Å²) < 4.78 is 11.9. The number of rotatable bonds is 8. The lowest BCUT2D eigenvalue weighted by molar-refractivity contribution is 0.269. The zero-order valence-corrected chi connectivity index (χ0v) is 24.6. The maximum absolute atomic E-state index is 6.64. The van der Waals surface area contributed by atoms with Crippen LogP contribution in [0.4, 0.5) is 11.4 Å². The van der Waals surface area contributed by atoms with Crippen molar-refractivity contribution in [2.45, 2.75) is 38.8 Å². The van der Waals surface area contributed by atoms with E-state index in [0.717, 1.165) is 23.2 Å². The number of aryl methyl sites for hydroxylation is 1. The lowest BCUT2D eigenvalue weighted by Gasteiger charge is -2.37. The Hall–Kier alpha value is -3.73. The highest BCUT2D eigenvalue weighted by atomic mass is 35.5. The molecule has 0 amide bonds. The number of anilines is 1. The van der Waals surface area contributed by atoms with E-state index < -0.39 is 0 Å². The molecule has 0 spiro atoms. The monoisotopic (exact) mass is 582 g/mol. The van der Waals surface area contributed by atoms with Crippen LogP contribution in [-0.4, -0.2) is 12.8 Å². The molecule has 6 heteroatoms. The van der Waals surface area contributed by atoms with Crippen LogP contribution in [0.3, 0.4) is 0 Å². The summed E-state index contributed by atoms with van der Waals surface area (Å²) in [6.45, 7) is 4.95. The normalized spacial score (nSPS) is 19.1. The molecule has 0 bridgehead atoms. The lowest BCUT2D eigenvalue weighted by atomic mass is 9.76. The maximum Gasteiger partial charge on any atom is 0.180 e. The molecule has 208 valence electrons. The highest BCUT2D eigenvalue weighted by Crippen LogP contribution is 2.50. The summed E-state index contributed by atoms with van der Waals surface area (Å²) in [4.78, 5) is 4.72. The van der Waals surface area contributed by atoms with Crippen LogP contribution in [0.1, 0.15) is 53.1 Å². The first-order valence-corrected chi connectivity index (χ1v) is 14.8. The van der Waals surface area contributed by atoms with E-state index in [1.807, 2.05) is 43.3 Å². The van der Waals surface area contributed by atoms with Gasteiger partial charge in [-0.1, -0.05) is 77.3 Å². The molecule has 4 aromatic carbocycles. The van der Waals surface area contributed by atoms with Crippen molar-refractivity contribution in [2.75, 3.05) is 11.9 Å². The maximum atomic E-state index is 6.64. The molecule has 6 rings (SSSR count). The van der Waals surface area contributed by atoms with E-state index in [2.05, 4.69) is 66.9 Å². The van der Waals surface area contributed by atoms with Crippen molar-refractivity contribution in [2.24, 2.45) is 10.9 Å². The minimum absolute atomic E-state index is 0.260. The largest absolute Gasteiger partial charge is 0.490 e. The molecule has 1 aliphatic heterocycles.